The van der Waals surface area contributed by atoms with Gasteiger partial charge in [0.25, 0.3) is 0 Å². The van der Waals surface area contributed by atoms with E-state index in [2.05, 4.69) is 10.6 Å². The number of Topliss-reactive ketones (excluding diaryl/α,β-unsaturated/α-hetero) is 1. The molecule has 2 amide bonds. The molecule has 0 heterocycles. The van der Waals surface area contributed by atoms with Gasteiger partial charge >= 0.3 is 0 Å². The van der Waals surface area contributed by atoms with Crippen molar-refractivity contribution in [3.8, 4) is 0 Å². The van der Waals surface area contributed by atoms with Gasteiger partial charge in [-0.05, 0) is 0 Å². The summed E-state index contributed by atoms with van der Waals surface area (Å²) >= 11 is 0. The molecule has 22 heavy (non-hydrogen) atoms. The lowest BCUT2D eigenvalue weighted by atomic mass is 10.2. The summed E-state index contributed by atoms with van der Waals surface area (Å²) < 4.78 is 10.2. The molecule has 0 aliphatic rings. The minimum atomic E-state index is -0.227. The fraction of sp³-hybridized carbons (Fsp3) is 0.786. The van der Waals surface area contributed by atoms with Gasteiger partial charge in [-0.25, -0.2) is 0 Å². The monoisotopic (exact) mass is 318 g/mol. The van der Waals surface area contributed by atoms with Crippen molar-refractivity contribution in [3.05, 3.63) is 0 Å². The van der Waals surface area contributed by atoms with Crippen molar-refractivity contribution < 1.29 is 29.0 Å². The Kier molecular flexibility index (Phi) is 13.4. The van der Waals surface area contributed by atoms with Gasteiger partial charge in [0, 0.05) is 25.8 Å². The number of ether oxygens (including phenoxy) is 2. The van der Waals surface area contributed by atoms with Gasteiger partial charge in [0.05, 0.1) is 39.6 Å². The van der Waals surface area contributed by atoms with E-state index in [1.807, 2.05) is 0 Å². The molecule has 0 radical (unpaired) electrons. The highest BCUT2D eigenvalue weighted by Gasteiger charge is 2.07. The van der Waals surface area contributed by atoms with Crippen LogP contribution < -0.4 is 10.6 Å². The van der Waals surface area contributed by atoms with Crippen molar-refractivity contribution >= 4 is 17.6 Å². The minimum Gasteiger partial charge on any atom is -0.394 e. The summed E-state index contributed by atoms with van der Waals surface area (Å²) in [6.45, 7) is 3.45. The number of hydrogen-bond donors (Lipinski definition) is 3. The first kappa shape index (κ1) is 20.5. The van der Waals surface area contributed by atoms with Crippen molar-refractivity contribution in [2.45, 2.75) is 26.2 Å². The lowest BCUT2D eigenvalue weighted by molar-refractivity contribution is -0.126. The van der Waals surface area contributed by atoms with E-state index in [0.717, 1.165) is 0 Å². The molecule has 0 saturated heterocycles. The van der Waals surface area contributed by atoms with Crippen LogP contribution in [0.3, 0.4) is 0 Å². The molecular formula is C14H26N2O6. The Morgan fingerprint density at radius 3 is 2.23 bits per heavy atom. The molecule has 0 aromatic rings. The Morgan fingerprint density at radius 1 is 0.909 bits per heavy atom. The van der Waals surface area contributed by atoms with E-state index in [0.29, 0.717) is 32.8 Å². The molecule has 0 aromatic carbocycles. The highest BCUT2D eigenvalue weighted by Crippen LogP contribution is 1.91. The zero-order chi connectivity index (χ0) is 16.6. The summed E-state index contributed by atoms with van der Waals surface area (Å²) in [5.41, 5.74) is 0. The van der Waals surface area contributed by atoms with Gasteiger partial charge in [0.1, 0.15) is 0 Å². The predicted molar refractivity (Wildman–Crippen MR) is 79.3 cm³/mol. The topological polar surface area (TPSA) is 114 Å². The minimum absolute atomic E-state index is 0.0170. The smallest absolute Gasteiger partial charge is 0.220 e. The van der Waals surface area contributed by atoms with E-state index in [1.54, 1.807) is 6.92 Å². The SMILES string of the molecule is CCC(=O)NCC(=O)CCC(=O)NCCOCCOCCO. The number of aliphatic hydroxyl groups is 1. The van der Waals surface area contributed by atoms with E-state index in [9.17, 15) is 14.4 Å². The average Bonchev–Trinajstić information content (AvgIpc) is 2.53. The Hall–Kier alpha value is -1.51. The lowest BCUT2D eigenvalue weighted by Gasteiger charge is -2.07. The molecule has 0 unspecified atom stereocenters. The maximum Gasteiger partial charge on any atom is 0.220 e. The molecule has 0 aromatic heterocycles. The second kappa shape index (κ2) is 14.4. The molecular weight excluding hydrogens is 292 g/mol. The maximum atomic E-state index is 11.5. The molecule has 0 spiro atoms. The quantitative estimate of drug-likeness (QED) is 0.354. The zero-order valence-corrected chi connectivity index (χ0v) is 13.1. The molecule has 0 atom stereocenters. The summed E-state index contributed by atoms with van der Waals surface area (Å²) in [7, 11) is 0. The molecule has 0 fully saturated rings. The number of rotatable bonds is 14. The summed E-state index contributed by atoms with van der Waals surface area (Å²) in [4.78, 5) is 33.8. The average molecular weight is 318 g/mol. The largest absolute Gasteiger partial charge is 0.394 e. The van der Waals surface area contributed by atoms with Gasteiger partial charge in [-0.2, -0.15) is 0 Å². The molecule has 8 heteroatoms. The van der Waals surface area contributed by atoms with Crippen LogP contribution in [-0.4, -0.2) is 68.8 Å². The van der Waals surface area contributed by atoms with Crippen molar-refractivity contribution in [2.24, 2.45) is 0 Å². The molecule has 8 nitrogen and oxygen atoms in total. The molecule has 0 aliphatic carbocycles. The van der Waals surface area contributed by atoms with Gasteiger partial charge < -0.3 is 25.2 Å². The first-order chi connectivity index (χ1) is 10.6. The maximum absolute atomic E-state index is 11.5. The molecule has 0 bridgehead atoms. The highest BCUT2D eigenvalue weighted by atomic mass is 16.5. The molecule has 128 valence electrons. The number of hydrogen-bond acceptors (Lipinski definition) is 6. The number of carbonyl (C=O) groups is 3. The van der Waals surface area contributed by atoms with Crippen LogP contribution in [0.1, 0.15) is 26.2 Å². The fourth-order valence-electron chi connectivity index (χ4n) is 1.40. The van der Waals surface area contributed by atoms with Crippen LogP contribution in [0.5, 0.6) is 0 Å². The van der Waals surface area contributed by atoms with Gasteiger partial charge in [-0.1, -0.05) is 6.92 Å². The van der Waals surface area contributed by atoms with Crippen molar-refractivity contribution in [2.75, 3.05) is 46.1 Å². The number of aliphatic hydroxyl groups excluding tert-OH is 1. The van der Waals surface area contributed by atoms with Crippen LogP contribution in [0.25, 0.3) is 0 Å². The molecule has 0 saturated carbocycles. The summed E-state index contributed by atoms with van der Waals surface area (Å²) in [6, 6.07) is 0. The van der Waals surface area contributed by atoms with Gasteiger partial charge in [-0.3, -0.25) is 14.4 Å². The van der Waals surface area contributed by atoms with E-state index in [-0.39, 0.29) is 50.2 Å². The third-order valence-corrected chi connectivity index (χ3v) is 2.61. The Labute approximate surface area is 130 Å². The summed E-state index contributed by atoms with van der Waals surface area (Å²) in [6.07, 6.45) is 0.533. The predicted octanol–water partition coefficient (Wildman–Crippen LogP) is -0.996. The second-order valence-corrected chi connectivity index (χ2v) is 4.47. The van der Waals surface area contributed by atoms with Crippen molar-refractivity contribution in [3.63, 3.8) is 0 Å². The Bertz CT molecular complexity index is 335. The van der Waals surface area contributed by atoms with Gasteiger partial charge in [-0.15, -0.1) is 0 Å². The van der Waals surface area contributed by atoms with E-state index in [4.69, 9.17) is 14.6 Å². The van der Waals surface area contributed by atoms with Crippen LogP contribution in [0.4, 0.5) is 0 Å². The fourth-order valence-corrected chi connectivity index (χ4v) is 1.40. The zero-order valence-electron chi connectivity index (χ0n) is 13.1. The number of nitrogens with one attached hydrogen (secondary N) is 2. The number of amides is 2. The van der Waals surface area contributed by atoms with Crippen LogP contribution in [0.2, 0.25) is 0 Å². The highest BCUT2D eigenvalue weighted by molar-refractivity contribution is 5.88. The summed E-state index contributed by atoms with van der Waals surface area (Å²) in [5.74, 6) is -0.581. The lowest BCUT2D eigenvalue weighted by Crippen LogP contribution is -2.31. The Morgan fingerprint density at radius 2 is 1.59 bits per heavy atom. The van der Waals surface area contributed by atoms with E-state index in [1.165, 1.54) is 0 Å². The van der Waals surface area contributed by atoms with E-state index < -0.39 is 0 Å². The van der Waals surface area contributed by atoms with E-state index >= 15 is 0 Å². The normalized spacial score (nSPS) is 10.3. The van der Waals surface area contributed by atoms with Gasteiger partial charge in [0.15, 0.2) is 5.78 Å². The Balaban J connectivity index is 3.42. The van der Waals surface area contributed by atoms with Crippen LogP contribution in [-0.2, 0) is 23.9 Å². The number of ketones is 1. The second-order valence-electron chi connectivity index (χ2n) is 4.47. The molecule has 3 N–H and O–H groups in total. The van der Waals surface area contributed by atoms with Gasteiger partial charge in [0.2, 0.25) is 11.8 Å². The summed E-state index contributed by atoms with van der Waals surface area (Å²) in [5, 5.41) is 13.6. The first-order valence-corrected chi connectivity index (χ1v) is 7.41. The third-order valence-electron chi connectivity index (χ3n) is 2.61. The van der Waals surface area contributed by atoms with Crippen LogP contribution >= 0.6 is 0 Å². The molecule has 0 aliphatic heterocycles. The molecule has 0 rings (SSSR count). The van der Waals surface area contributed by atoms with Crippen LogP contribution in [0.15, 0.2) is 0 Å². The first-order valence-electron chi connectivity index (χ1n) is 7.41. The van der Waals surface area contributed by atoms with Crippen molar-refractivity contribution in [1.29, 1.82) is 0 Å². The third kappa shape index (κ3) is 13.5. The van der Waals surface area contributed by atoms with Crippen LogP contribution in [0, 0.1) is 0 Å². The van der Waals surface area contributed by atoms with Crippen molar-refractivity contribution in [1.82, 2.24) is 10.6 Å². The standard InChI is InChI=1S/C14H26N2O6/c1-2-13(19)16-11-12(18)3-4-14(20)15-5-7-21-9-10-22-8-6-17/h17H,2-11H2,1H3,(H,15,20)(H,16,19). The number of carbonyl (C=O) groups excluding carboxylic acids is 3.